The zero-order valence-corrected chi connectivity index (χ0v) is 69.5. The summed E-state index contributed by atoms with van der Waals surface area (Å²) in [6.45, 7) is 6.16. The second-order valence-corrected chi connectivity index (χ2v) is 30.4. The van der Waals surface area contributed by atoms with E-state index in [1.807, 2.05) is 109 Å². The van der Waals surface area contributed by atoms with Gasteiger partial charge in [-0.25, -0.2) is 4.39 Å². The smallest absolute Gasteiger partial charge is 0.417 e. The Kier molecular flexibility index (Phi) is 29.5. The molecule has 0 saturated heterocycles. The van der Waals surface area contributed by atoms with Gasteiger partial charge >= 0.3 is 6.18 Å². The topological polar surface area (TPSA) is 267 Å². The molecular formula is C91H81Cl7F4N6O12. The lowest BCUT2D eigenvalue weighted by Gasteiger charge is -2.28. The summed E-state index contributed by atoms with van der Waals surface area (Å²) < 4.78 is 122. The van der Waals surface area contributed by atoms with Gasteiger partial charge < -0.3 is 91.2 Å². The lowest BCUT2D eigenvalue weighted by molar-refractivity contribution is -0.137. The van der Waals surface area contributed by atoms with Crippen molar-refractivity contribution in [2.24, 2.45) is 34.4 Å². The standard InChI is InChI=1S/C16H16ClNO2.C16H14F3NO2.C15H13Cl2NO2.C15H13ClFNO2.C15H14ClNO2.C14H11Cl2NO2/c1-10-4-2-3-5-13(10)14-6-11(17)7-15-16(14)20-12(8-18)9-19-15;17-16(18,19)13-6-2-1-4-11(13)12-5-3-7-14-15(12)22-10(8-20)9-21-14;2*16-9-5-12(11-3-1-2-4-13(11)17)15-14(6-9)19-8-10(7-18)20-15;16-13-6-2-1-4-11(13)12-5-3-7-14-15(12)19-10(8-17)9-18-14;15-9-4-2-5-10(16)13(9)8-3-1-6-11-14(8)19-12(7-17)18-11/h2-7,12H,8-9,18H2,1H3;1-7,10H,8-9,20H2;2*1-6,10H,7-8,18H2;1-7,10H,8-9,17H2;1-6,12H,7,17H2/t12-;4*10-;/m00000./s1. The molecule has 18 nitrogen and oxygen atoms in total. The van der Waals surface area contributed by atoms with E-state index in [0.717, 1.165) is 73.4 Å². The zero-order valence-electron chi connectivity index (χ0n) is 64.2. The molecule has 0 aliphatic carbocycles. The fraction of sp³-hybridized carbons (Fsp3) is 0.209. The number of halogens is 11. The summed E-state index contributed by atoms with van der Waals surface area (Å²) in [6, 6.07) is 67.5. The first-order valence-corrected chi connectivity index (χ1v) is 40.5. The highest BCUT2D eigenvalue weighted by Crippen LogP contribution is 2.52. The lowest BCUT2D eigenvalue weighted by Crippen LogP contribution is -2.35. The van der Waals surface area contributed by atoms with Gasteiger partial charge in [0.15, 0.2) is 69.0 Å². The van der Waals surface area contributed by atoms with Gasteiger partial charge in [0, 0.05) is 132 Å². The van der Waals surface area contributed by atoms with Crippen LogP contribution in [0.1, 0.15) is 11.1 Å². The molecule has 0 bridgehead atoms. The Morgan fingerprint density at radius 1 is 0.292 bits per heavy atom. The molecule has 0 aromatic heterocycles. The first-order valence-electron chi connectivity index (χ1n) is 37.9. The molecule has 624 valence electrons. The third kappa shape index (κ3) is 20.7. The van der Waals surface area contributed by atoms with Gasteiger partial charge in [0.05, 0.1) is 22.2 Å². The molecule has 0 amide bonds. The van der Waals surface area contributed by atoms with Gasteiger partial charge in [0.1, 0.15) is 69.4 Å². The number of nitrogens with two attached hydrogens (primary N) is 6. The van der Waals surface area contributed by atoms with Crippen molar-refractivity contribution in [3.63, 3.8) is 0 Å². The quantitative estimate of drug-likeness (QED) is 0.0621. The lowest BCUT2D eigenvalue weighted by atomic mass is 9.98. The summed E-state index contributed by atoms with van der Waals surface area (Å²) in [5, 5.41) is 4.15. The van der Waals surface area contributed by atoms with Crippen molar-refractivity contribution in [1.29, 1.82) is 0 Å². The number of rotatable bonds is 12. The Morgan fingerprint density at radius 2 is 0.608 bits per heavy atom. The highest BCUT2D eigenvalue weighted by atomic mass is 35.5. The third-order valence-electron chi connectivity index (χ3n) is 19.2. The van der Waals surface area contributed by atoms with E-state index in [4.69, 9.17) is 172 Å². The van der Waals surface area contributed by atoms with Gasteiger partial charge in [-0.3, -0.25) is 0 Å². The first kappa shape index (κ1) is 87.6. The third-order valence-corrected chi connectivity index (χ3v) is 21.2. The maximum atomic E-state index is 14.0. The fourth-order valence-corrected chi connectivity index (χ4v) is 15.1. The summed E-state index contributed by atoms with van der Waals surface area (Å²) in [5.41, 5.74) is 42.7. The van der Waals surface area contributed by atoms with E-state index in [0.29, 0.717) is 156 Å². The van der Waals surface area contributed by atoms with E-state index in [1.54, 1.807) is 84.9 Å². The van der Waals surface area contributed by atoms with Gasteiger partial charge in [-0.1, -0.05) is 221 Å². The van der Waals surface area contributed by atoms with Crippen LogP contribution < -0.4 is 91.2 Å². The molecule has 6 aliphatic heterocycles. The molecular weight excluding hydrogens is 1690 g/mol. The fourth-order valence-electron chi connectivity index (χ4n) is 13.4. The van der Waals surface area contributed by atoms with Crippen molar-refractivity contribution in [3.8, 4) is 136 Å². The van der Waals surface area contributed by atoms with Gasteiger partial charge in [0.25, 0.3) is 6.29 Å². The van der Waals surface area contributed by atoms with Crippen LogP contribution in [0.2, 0.25) is 35.2 Å². The maximum absolute atomic E-state index is 14.0. The van der Waals surface area contributed by atoms with Crippen LogP contribution in [0.25, 0.3) is 66.8 Å². The van der Waals surface area contributed by atoms with Crippen LogP contribution in [0.5, 0.6) is 69.0 Å². The number of hydrogen-bond donors (Lipinski definition) is 6. The number of alkyl halides is 3. The molecule has 6 aliphatic rings. The van der Waals surface area contributed by atoms with Crippen molar-refractivity contribution >= 4 is 81.2 Å². The average Bonchev–Trinajstić information content (AvgIpc) is 1.55. The Balaban J connectivity index is 0.000000125. The summed E-state index contributed by atoms with van der Waals surface area (Å²) in [5.74, 6) is 6.82. The second kappa shape index (κ2) is 40.4. The molecule has 0 saturated carbocycles. The minimum atomic E-state index is -4.44. The van der Waals surface area contributed by atoms with Crippen molar-refractivity contribution < 1.29 is 74.4 Å². The van der Waals surface area contributed by atoms with Crippen LogP contribution in [-0.2, 0) is 6.18 Å². The molecule has 0 fully saturated rings. The summed E-state index contributed by atoms with van der Waals surface area (Å²) in [6.07, 6.45) is -5.91. The summed E-state index contributed by atoms with van der Waals surface area (Å²) in [7, 11) is 0. The van der Waals surface area contributed by atoms with Gasteiger partial charge in [-0.2, -0.15) is 13.2 Å². The van der Waals surface area contributed by atoms with E-state index in [2.05, 4.69) is 19.1 Å². The maximum Gasteiger partial charge on any atom is 0.417 e. The molecule has 0 spiro atoms. The number of aryl methyl sites for hydroxylation is 1. The Bertz CT molecular complexity index is 5320. The van der Waals surface area contributed by atoms with E-state index in [-0.39, 0.29) is 61.6 Å². The number of ether oxygens (including phenoxy) is 12. The molecule has 120 heavy (non-hydrogen) atoms. The number of benzene rings is 12. The van der Waals surface area contributed by atoms with E-state index >= 15 is 0 Å². The van der Waals surface area contributed by atoms with E-state index in [1.165, 1.54) is 18.2 Å². The van der Waals surface area contributed by atoms with Crippen LogP contribution in [0.4, 0.5) is 17.6 Å². The zero-order chi connectivity index (χ0) is 84.7. The molecule has 1 unspecified atom stereocenters. The van der Waals surface area contributed by atoms with Crippen molar-refractivity contribution in [2.75, 3.05) is 72.3 Å². The second-order valence-electron chi connectivity index (χ2n) is 27.5. The van der Waals surface area contributed by atoms with Crippen LogP contribution in [-0.4, -0.2) is 109 Å². The van der Waals surface area contributed by atoms with Gasteiger partial charge in [-0.15, -0.1) is 0 Å². The first-order chi connectivity index (χ1) is 58.1. The molecule has 29 heteroatoms. The molecule has 18 rings (SSSR count). The Labute approximate surface area is 725 Å². The van der Waals surface area contributed by atoms with Gasteiger partial charge in [0.2, 0.25) is 0 Å². The minimum absolute atomic E-state index is 0.0631. The SMILES string of the molecule is Cc1ccccc1-c1cc(Cl)cc2c1O[C@@H](CN)CO2.NCC1Oc2cccc(-c3c(Cl)cccc3Cl)c2O1.NC[C@H]1COc2cc(Cl)cc(-c3ccccc3Cl)c2O1.NC[C@H]1COc2cc(Cl)cc(-c3ccccc3F)c2O1.NC[C@H]1COc2cccc(-c3ccccc3C(F)(F)F)c2O1.NC[C@H]1COc2cccc(-c3ccccc3Cl)c2O1. The highest BCUT2D eigenvalue weighted by Gasteiger charge is 2.36. The van der Waals surface area contributed by atoms with E-state index < -0.39 is 18.0 Å². The average molecular weight is 1770 g/mol. The summed E-state index contributed by atoms with van der Waals surface area (Å²) >= 11 is 43.4. The number of fused-ring (bicyclic) bond motifs is 6. The molecule has 12 aromatic carbocycles. The largest absolute Gasteiger partial charge is 0.486 e. The van der Waals surface area contributed by atoms with Crippen molar-refractivity contribution in [1.82, 2.24) is 0 Å². The monoisotopic (exact) mass is 1770 g/mol. The predicted octanol–water partition coefficient (Wildman–Crippen LogP) is 20.7. The highest BCUT2D eigenvalue weighted by molar-refractivity contribution is 6.39. The molecule has 6 heterocycles. The molecule has 0 radical (unpaired) electrons. The van der Waals surface area contributed by atoms with E-state index in [9.17, 15) is 17.6 Å². The molecule has 12 aromatic rings. The Hall–Kier alpha value is -10.3. The normalized spacial score (nSPS) is 17.1. The predicted molar refractivity (Wildman–Crippen MR) is 465 cm³/mol. The minimum Gasteiger partial charge on any atom is -0.486 e. The van der Waals surface area contributed by atoms with Crippen LogP contribution in [0, 0.1) is 12.7 Å². The molecule has 6 atom stereocenters. The van der Waals surface area contributed by atoms with Gasteiger partial charge in [-0.05, 0) is 96.4 Å². The number of hydrogen-bond acceptors (Lipinski definition) is 18. The van der Waals surface area contributed by atoms with Crippen LogP contribution in [0.3, 0.4) is 0 Å². The van der Waals surface area contributed by atoms with Crippen LogP contribution >= 0.6 is 81.2 Å². The van der Waals surface area contributed by atoms with Crippen molar-refractivity contribution in [2.45, 2.75) is 49.9 Å². The summed E-state index contributed by atoms with van der Waals surface area (Å²) in [4.78, 5) is 0. The van der Waals surface area contributed by atoms with Crippen molar-refractivity contribution in [3.05, 3.63) is 283 Å². The van der Waals surface area contributed by atoms with Crippen LogP contribution in [0.15, 0.2) is 231 Å². The molecule has 12 N–H and O–H groups in total. The number of para-hydroxylation sites is 3. The Morgan fingerprint density at radius 3 is 1.03 bits per heavy atom.